The normalized spacial score (nSPS) is 31.9. The zero-order valence-corrected chi connectivity index (χ0v) is 8.06. The molecule has 1 atom stereocenters. The van der Waals surface area contributed by atoms with Gasteiger partial charge in [-0.15, -0.1) is 5.10 Å². The van der Waals surface area contributed by atoms with Gasteiger partial charge in [0, 0.05) is 10.8 Å². The van der Waals surface area contributed by atoms with Gasteiger partial charge in [-0.1, -0.05) is 18.3 Å². The van der Waals surface area contributed by atoms with Gasteiger partial charge in [-0.05, 0) is 23.4 Å². The van der Waals surface area contributed by atoms with E-state index >= 15 is 0 Å². The van der Waals surface area contributed by atoms with Gasteiger partial charge >= 0.3 is 0 Å². The molecular formula is C8H12N2OS. The highest BCUT2D eigenvalue weighted by Crippen LogP contribution is 2.63. The van der Waals surface area contributed by atoms with Crippen molar-refractivity contribution in [2.75, 3.05) is 6.61 Å². The van der Waals surface area contributed by atoms with Crippen LogP contribution < -0.4 is 0 Å². The highest BCUT2D eigenvalue weighted by atomic mass is 32.1. The van der Waals surface area contributed by atoms with E-state index in [2.05, 4.69) is 23.4 Å². The molecule has 1 N–H and O–H groups in total. The van der Waals surface area contributed by atoms with Crippen LogP contribution in [0.25, 0.3) is 0 Å². The van der Waals surface area contributed by atoms with Gasteiger partial charge in [0.05, 0.1) is 12.3 Å². The number of aliphatic hydroxyl groups excluding tert-OH is 1. The second-order valence-electron chi connectivity index (χ2n) is 4.09. The predicted molar refractivity (Wildman–Crippen MR) is 47.1 cm³/mol. The number of hydrogen-bond acceptors (Lipinski definition) is 4. The molecule has 0 amide bonds. The minimum atomic E-state index is -0.0972. The first-order chi connectivity index (χ1) is 5.62. The van der Waals surface area contributed by atoms with Crippen molar-refractivity contribution in [3.8, 4) is 0 Å². The van der Waals surface area contributed by atoms with E-state index in [9.17, 15) is 5.11 Å². The number of aromatic nitrogens is 2. The molecule has 0 aromatic carbocycles. The summed E-state index contributed by atoms with van der Waals surface area (Å²) in [5.41, 5.74) is 1.05. The molecule has 1 aliphatic carbocycles. The lowest BCUT2D eigenvalue weighted by Crippen LogP contribution is -2.19. The van der Waals surface area contributed by atoms with E-state index in [1.807, 2.05) is 5.38 Å². The molecule has 3 nitrogen and oxygen atoms in total. The summed E-state index contributed by atoms with van der Waals surface area (Å²) in [5, 5.41) is 15.3. The Bertz CT molecular complexity index is 283. The van der Waals surface area contributed by atoms with E-state index in [1.165, 1.54) is 11.5 Å². The third kappa shape index (κ3) is 0.850. The SMILES string of the molecule is CC1(C)CC1(CO)c1csnn1. The third-order valence-corrected chi connectivity index (χ3v) is 3.54. The molecule has 1 fully saturated rings. The van der Waals surface area contributed by atoms with Gasteiger partial charge < -0.3 is 5.11 Å². The van der Waals surface area contributed by atoms with Gasteiger partial charge in [-0.2, -0.15) is 0 Å². The molecule has 0 saturated heterocycles. The van der Waals surface area contributed by atoms with Crippen LogP contribution in [0.5, 0.6) is 0 Å². The molecule has 1 unspecified atom stereocenters. The zero-order chi connectivity index (χ0) is 8.82. The van der Waals surface area contributed by atoms with Crippen LogP contribution in [0.15, 0.2) is 5.38 Å². The molecule has 2 rings (SSSR count). The maximum Gasteiger partial charge on any atom is 0.0845 e. The maximum atomic E-state index is 9.30. The van der Waals surface area contributed by atoms with Crippen molar-refractivity contribution in [3.63, 3.8) is 0 Å². The van der Waals surface area contributed by atoms with Crippen molar-refractivity contribution in [2.24, 2.45) is 5.41 Å². The lowest BCUT2D eigenvalue weighted by Gasteiger charge is -2.13. The van der Waals surface area contributed by atoms with Crippen LogP contribution in [0.4, 0.5) is 0 Å². The summed E-state index contributed by atoms with van der Waals surface area (Å²) >= 11 is 1.35. The van der Waals surface area contributed by atoms with Crippen LogP contribution in [0.1, 0.15) is 26.0 Å². The standard InChI is InChI=1S/C8H12N2OS/c1-7(2)4-8(7,5-11)6-3-12-10-9-6/h3,11H,4-5H2,1-2H3. The Morgan fingerprint density at radius 1 is 1.67 bits per heavy atom. The molecule has 0 aliphatic heterocycles. The van der Waals surface area contributed by atoms with Crippen LogP contribution in [0, 0.1) is 5.41 Å². The molecule has 1 aliphatic rings. The average molecular weight is 184 g/mol. The van der Waals surface area contributed by atoms with Gasteiger partial charge in [0.15, 0.2) is 0 Å². The van der Waals surface area contributed by atoms with Gasteiger partial charge in [0.1, 0.15) is 0 Å². The predicted octanol–water partition coefficient (Wildman–Crippen LogP) is 1.20. The van der Waals surface area contributed by atoms with Crippen molar-refractivity contribution in [1.29, 1.82) is 0 Å². The zero-order valence-electron chi connectivity index (χ0n) is 7.24. The lowest BCUT2D eigenvalue weighted by molar-refractivity contribution is 0.228. The van der Waals surface area contributed by atoms with Crippen LogP contribution in [0.2, 0.25) is 0 Å². The molecule has 1 heterocycles. The lowest BCUT2D eigenvalue weighted by atomic mass is 9.94. The molecule has 0 radical (unpaired) electrons. The highest BCUT2D eigenvalue weighted by Gasteiger charge is 2.63. The van der Waals surface area contributed by atoms with Gasteiger partial charge in [0.2, 0.25) is 0 Å². The number of aliphatic hydroxyl groups is 1. The number of rotatable bonds is 2. The Morgan fingerprint density at radius 2 is 2.33 bits per heavy atom. The molecule has 4 heteroatoms. The molecule has 66 valence electrons. The first kappa shape index (κ1) is 8.13. The summed E-state index contributed by atoms with van der Waals surface area (Å²) in [6, 6.07) is 0. The first-order valence-electron chi connectivity index (χ1n) is 4.01. The summed E-state index contributed by atoms with van der Waals surface area (Å²) in [4.78, 5) is 0. The Morgan fingerprint density at radius 3 is 2.67 bits per heavy atom. The molecule has 1 saturated carbocycles. The summed E-state index contributed by atoms with van der Waals surface area (Å²) in [6.45, 7) is 4.50. The van der Waals surface area contributed by atoms with E-state index in [0.717, 1.165) is 12.1 Å². The fourth-order valence-electron chi connectivity index (χ4n) is 1.87. The van der Waals surface area contributed by atoms with E-state index in [-0.39, 0.29) is 17.4 Å². The smallest absolute Gasteiger partial charge is 0.0845 e. The number of nitrogens with zero attached hydrogens (tertiary/aromatic N) is 2. The average Bonchev–Trinajstić information content (AvgIpc) is 2.52. The van der Waals surface area contributed by atoms with E-state index in [1.54, 1.807) is 0 Å². The Labute approximate surface area is 75.6 Å². The van der Waals surface area contributed by atoms with E-state index in [4.69, 9.17) is 0 Å². The second kappa shape index (κ2) is 2.26. The minimum Gasteiger partial charge on any atom is -0.395 e. The fraction of sp³-hybridized carbons (Fsp3) is 0.750. The first-order valence-corrected chi connectivity index (χ1v) is 4.84. The molecule has 1 aromatic rings. The van der Waals surface area contributed by atoms with Crippen LogP contribution in [-0.2, 0) is 5.41 Å². The summed E-state index contributed by atoms with van der Waals surface area (Å²) in [6.07, 6.45) is 1.02. The topological polar surface area (TPSA) is 46.0 Å². The van der Waals surface area contributed by atoms with Gasteiger partial charge in [0.25, 0.3) is 0 Å². The molecule has 1 aromatic heterocycles. The van der Waals surface area contributed by atoms with Crippen molar-refractivity contribution < 1.29 is 5.11 Å². The highest BCUT2D eigenvalue weighted by molar-refractivity contribution is 7.03. The second-order valence-corrected chi connectivity index (χ2v) is 4.70. The van der Waals surface area contributed by atoms with Crippen LogP contribution in [0.3, 0.4) is 0 Å². The maximum absolute atomic E-state index is 9.30. The van der Waals surface area contributed by atoms with Crippen LogP contribution >= 0.6 is 11.5 Å². The largest absolute Gasteiger partial charge is 0.395 e. The van der Waals surface area contributed by atoms with Gasteiger partial charge in [-0.3, -0.25) is 0 Å². The summed E-state index contributed by atoms with van der Waals surface area (Å²) in [5.74, 6) is 0. The van der Waals surface area contributed by atoms with Crippen molar-refractivity contribution in [3.05, 3.63) is 11.1 Å². The molecule has 0 spiro atoms. The third-order valence-electron chi connectivity index (χ3n) is 3.03. The fourth-order valence-corrected chi connectivity index (χ4v) is 2.43. The van der Waals surface area contributed by atoms with Crippen LogP contribution in [-0.4, -0.2) is 21.3 Å². The van der Waals surface area contributed by atoms with Crippen molar-refractivity contribution >= 4 is 11.5 Å². The van der Waals surface area contributed by atoms with Crippen molar-refractivity contribution in [1.82, 2.24) is 9.59 Å². The summed E-state index contributed by atoms with van der Waals surface area (Å²) in [7, 11) is 0. The van der Waals surface area contributed by atoms with Gasteiger partial charge in [-0.25, -0.2) is 0 Å². The Balaban J connectivity index is 2.34. The van der Waals surface area contributed by atoms with E-state index in [0.29, 0.717) is 0 Å². The monoisotopic (exact) mass is 184 g/mol. The minimum absolute atomic E-state index is 0.0972. The number of hydrogen-bond donors (Lipinski definition) is 1. The van der Waals surface area contributed by atoms with E-state index < -0.39 is 0 Å². The Hall–Kier alpha value is -0.480. The molecule has 0 bridgehead atoms. The summed E-state index contributed by atoms with van der Waals surface area (Å²) < 4.78 is 3.82. The quantitative estimate of drug-likeness (QED) is 0.751. The molecular weight excluding hydrogens is 172 g/mol. The van der Waals surface area contributed by atoms with Crippen molar-refractivity contribution in [2.45, 2.75) is 25.7 Å². The Kier molecular flexibility index (Phi) is 1.53. The molecule has 12 heavy (non-hydrogen) atoms.